The van der Waals surface area contributed by atoms with Gasteiger partial charge in [-0.25, -0.2) is 0 Å². The SMILES string of the molecule is NCCCCC/C=C\C/C=C\C/C=C\C/C=C\CCCC(=O)O. The van der Waals surface area contributed by atoms with E-state index in [1.165, 1.54) is 12.8 Å². The topological polar surface area (TPSA) is 63.3 Å². The second-order valence-corrected chi connectivity index (χ2v) is 5.52. The molecule has 130 valence electrons. The standard InChI is InChI=1S/C20H33NO2/c21-19-17-15-13-11-9-7-5-3-1-2-4-6-8-10-12-14-16-18-20(22)23/h1,3-4,6-7,9-10,12H,2,5,8,11,13-19,21H2,(H,22,23)/b3-1-,6-4-,9-7-,12-10-. The summed E-state index contributed by atoms with van der Waals surface area (Å²) in [6.07, 6.45) is 26.8. The minimum atomic E-state index is -0.716. The molecule has 0 aliphatic rings. The highest BCUT2D eigenvalue weighted by atomic mass is 16.4. The van der Waals surface area contributed by atoms with Crippen LogP contribution in [0.1, 0.15) is 64.2 Å². The zero-order valence-corrected chi connectivity index (χ0v) is 14.3. The Kier molecular flexibility index (Phi) is 17.1. The van der Waals surface area contributed by atoms with E-state index in [9.17, 15) is 4.79 Å². The van der Waals surface area contributed by atoms with E-state index in [-0.39, 0.29) is 6.42 Å². The lowest BCUT2D eigenvalue weighted by Gasteiger charge is -1.93. The lowest BCUT2D eigenvalue weighted by molar-refractivity contribution is -0.137. The maximum absolute atomic E-state index is 10.3. The molecule has 0 bridgehead atoms. The molecule has 0 unspecified atom stereocenters. The first kappa shape index (κ1) is 21.4. The molecule has 0 spiro atoms. The van der Waals surface area contributed by atoms with E-state index in [2.05, 4.69) is 48.6 Å². The summed E-state index contributed by atoms with van der Waals surface area (Å²) in [6, 6.07) is 0. The molecule has 0 aromatic heterocycles. The third-order valence-corrected chi connectivity index (χ3v) is 3.32. The zero-order chi connectivity index (χ0) is 17.0. The van der Waals surface area contributed by atoms with Crippen molar-refractivity contribution in [2.45, 2.75) is 64.2 Å². The molecular weight excluding hydrogens is 286 g/mol. The molecule has 0 aromatic rings. The van der Waals surface area contributed by atoms with Crippen LogP contribution in [0.25, 0.3) is 0 Å². The highest BCUT2D eigenvalue weighted by Crippen LogP contribution is 2.01. The third-order valence-electron chi connectivity index (χ3n) is 3.32. The monoisotopic (exact) mass is 319 g/mol. The molecule has 0 atom stereocenters. The van der Waals surface area contributed by atoms with Crippen LogP contribution >= 0.6 is 0 Å². The number of carboxylic acid groups (broad SMARTS) is 1. The molecule has 0 aliphatic heterocycles. The lowest BCUT2D eigenvalue weighted by Crippen LogP contribution is -1.97. The van der Waals surface area contributed by atoms with Gasteiger partial charge in [-0.1, -0.05) is 55.0 Å². The number of unbranched alkanes of at least 4 members (excludes halogenated alkanes) is 4. The van der Waals surface area contributed by atoms with E-state index < -0.39 is 5.97 Å². The Hall–Kier alpha value is -1.61. The predicted octanol–water partition coefficient (Wildman–Crippen LogP) is 5.16. The summed E-state index contributed by atoms with van der Waals surface area (Å²) in [5.41, 5.74) is 5.45. The maximum Gasteiger partial charge on any atom is 0.303 e. The van der Waals surface area contributed by atoms with Crippen molar-refractivity contribution in [3.8, 4) is 0 Å². The first-order chi connectivity index (χ1) is 11.3. The molecule has 0 amide bonds. The van der Waals surface area contributed by atoms with E-state index in [4.69, 9.17) is 10.8 Å². The van der Waals surface area contributed by atoms with Crippen molar-refractivity contribution >= 4 is 5.97 Å². The zero-order valence-electron chi connectivity index (χ0n) is 14.3. The smallest absolute Gasteiger partial charge is 0.303 e. The Morgan fingerprint density at radius 3 is 1.65 bits per heavy atom. The summed E-state index contributed by atoms with van der Waals surface area (Å²) in [6.45, 7) is 0.806. The minimum absolute atomic E-state index is 0.257. The van der Waals surface area contributed by atoms with Crippen molar-refractivity contribution in [3.05, 3.63) is 48.6 Å². The van der Waals surface area contributed by atoms with Crippen LogP contribution in [-0.2, 0) is 4.79 Å². The van der Waals surface area contributed by atoms with Crippen molar-refractivity contribution in [1.29, 1.82) is 0 Å². The summed E-state index contributed by atoms with van der Waals surface area (Å²) >= 11 is 0. The van der Waals surface area contributed by atoms with Crippen molar-refractivity contribution in [1.82, 2.24) is 0 Å². The van der Waals surface area contributed by atoms with Crippen LogP contribution in [-0.4, -0.2) is 17.6 Å². The number of hydrogen-bond acceptors (Lipinski definition) is 2. The fraction of sp³-hybridized carbons (Fsp3) is 0.550. The number of allylic oxidation sites excluding steroid dienone is 8. The average molecular weight is 319 g/mol. The van der Waals surface area contributed by atoms with Crippen molar-refractivity contribution in [3.63, 3.8) is 0 Å². The molecule has 0 fully saturated rings. The first-order valence-corrected chi connectivity index (χ1v) is 8.79. The molecule has 23 heavy (non-hydrogen) atoms. The number of hydrogen-bond donors (Lipinski definition) is 2. The molecule has 0 radical (unpaired) electrons. The fourth-order valence-corrected chi connectivity index (χ4v) is 2.00. The van der Waals surface area contributed by atoms with Gasteiger partial charge in [0.2, 0.25) is 0 Å². The Morgan fingerprint density at radius 1 is 0.696 bits per heavy atom. The van der Waals surface area contributed by atoms with Gasteiger partial charge >= 0.3 is 5.97 Å². The highest BCUT2D eigenvalue weighted by molar-refractivity contribution is 5.66. The molecule has 3 heteroatoms. The summed E-state index contributed by atoms with van der Waals surface area (Å²) in [5, 5.41) is 8.50. The van der Waals surface area contributed by atoms with Crippen molar-refractivity contribution < 1.29 is 9.90 Å². The fourth-order valence-electron chi connectivity index (χ4n) is 2.00. The minimum Gasteiger partial charge on any atom is -0.481 e. The molecule has 3 nitrogen and oxygen atoms in total. The van der Waals surface area contributed by atoms with Gasteiger partial charge in [0.05, 0.1) is 0 Å². The normalized spacial score (nSPS) is 12.4. The molecule has 3 N–H and O–H groups in total. The quantitative estimate of drug-likeness (QED) is 0.324. The van der Waals surface area contributed by atoms with Crippen LogP contribution in [0, 0.1) is 0 Å². The number of carboxylic acids is 1. The summed E-state index contributed by atoms with van der Waals surface area (Å²) in [5.74, 6) is -0.716. The molecular formula is C20H33NO2. The van der Waals surface area contributed by atoms with Gasteiger partial charge in [-0.15, -0.1) is 0 Å². The Bertz CT molecular complexity index is 381. The van der Waals surface area contributed by atoms with Gasteiger partial charge in [-0.05, 0) is 57.9 Å². The second-order valence-electron chi connectivity index (χ2n) is 5.52. The van der Waals surface area contributed by atoms with Gasteiger partial charge in [0.25, 0.3) is 0 Å². The number of carbonyl (C=O) groups is 1. The van der Waals surface area contributed by atoms with Gasteiger partial charge in [-0.2, -0.15) is 0 Å². The summed E-state index contributed by atoms with van der Waals surface area (Å²) in [4.78, 5) is 10.3. The molecule has 0 aliphatic carbocycles. The first-order valence-electron chi connectivity index (χ1n) is 8.79. The number of aliphatic carboxylic acids is 1. The van der Waals surface area contributed by atoms with Crippen LogP contribution in [0.2, 0.25) is 0 Å². The van der Waals surface area contributed by atoms with Crippen LogP contribution in [0.4, 0.5) is 0 Å². The summed E-state index contributed by atoms with van der Waals surface area (Å²) < 4.78 is 0. The van der Waals surface area contributed by atoms with Crippen molar-refractivity contribution in [2.75, 3.05) is 6.54 Å². The Labute approximate surface area is 141 Å². The van der Waals surface area contributed by atoms with E-state index >= 15 is 0 Å². The molecule has 0 saturated heterocycles. The molecule has 0 saturated carbocycles. The molecule has 0 rings (SSSR count). The highest BCUT2D eigenvalue weighted by Gasteiger charge is 1.92. The van der Waals surface area contributed by atoms with Crippen LogP contribution in [0.5, 0.6) is 0 Å². The van der Waals surface area contributed by atoms with Crippen LogP contribution in [0.3, 0.4) is 0 Å². The lowest BCUT2D eigenvalue weighted by atomic mass is 10.2. The van der Waals surface area contributed by atoms with Gasteiger partial charge in [0, 0.05) is 6.42 Å². The van der Waals surface area contributed by atoms with E-state index in [1.54, 1.807) is 0 Å². The van der Waals surface area contributed by atoms with Gasteiger partial charge in [0.1, 0.15) is 0 Å². The van der Waals surface area contributed by atoms with E-state index in [0.29, 0.717) is 0 Å². The second kappa shape index (κ2) is 18.4. The predicted molar refractivity (Wildman–Crippen MR) is 99.4 cm³/mol. The van der Waals surface area contributed by atoms with Gasteiger partial charge in [-0.3, -0.25) is 4.79 Å². The van der Waals surface area contributed by atoms with E-state index in [1.807, 2.05) is 0 Å². The van der Waals surface area contributed by atoms with E-state index in [0.717, 1.165) is 51.5 Å². The Balaban J connectivity index is 3.39. The largest absolute Gasteiger partial charge is 0.481 e. The van der Waals surface area contributed by atoms with Gasteiger partial charge in [0.15, 0.2) is 0 Å². The van der Waals surface area contributed by atoms with Crippen LogP contribution < -0.4 is 5.73 Å². The number of rotatable bonds is 15. The third kappa shape index (κ3) is 20.4. The molecule has 0 heterocycles. The number of nitrogens with two attached hydrogens (primary N) is 1. The molecule has 0 aromatic carbocycles. The summed E-state index contributed by atoms with van der Waals surface area (Å²) in [7, 11) is 0. The van der Waals surface area contributed by atoms with Gasteiger partial charge < -0.3 is 10.8 Å². The van der Waals surface area contributed by atoms with Crippen molar-refractivity contribution in [2.24, 2.45) is 5.73 Å². The maximum atomic E-state index is 10.3. The van der Waals surface area contributed by atoms with Crippen LogP contribution in [0.15, 0.2) is 48.6 Å². The Morgan fingerprint density at radius 2 is 1.17 bits per heavy atom. The average Bonchev–Trinajstić information content (AvgIpc) is 2.53.